The summed E-state index contributed by atoms with van der Waals surface area (Å²) in [7, 11) is 0. The van der Waals surface area contributed by atoms with Gasteiger partial charge in [-0.05, 0) is 67.1 Å². The number of amides is 2. The maximum absolute atomic E-state index is 15.5. The summed E-state index contributed by atoms with van der Waals surface area (Å²) >= 11 is 18.4. The molecule has 3 aromatic rings. The predicted octanol–water partition coefficient (Wildman–Crippen LogP) is 7.03. The average molecular weight is 659 g/mol. The van der Waals surface area contributed by atoms with Crippen molar-refractivity contribution in [3.8, 4) is 5.75 Å². The zero-order chi connectivity index (χ0) is 30.1. The molecule has 0 radical (unpaired) electrons. The van der Waals surface area contributed by atoms with E-state index in [0.29, 0.717) is 18.5 Å². The Balaban J connectivity index is 1.36. The number of phenolic OH excluding ortho intramolecular Hbond substituents is 1. The Labute approximate surface area is 256 Å². The quantitative estimate of drug-likeness (QED) is 0.287. The van der Waals surface area contributed by atoms with Gasteiger partial charge >= 0.3 is 5.38 Å². The second-order valence-corrected chi connectivity index (χ2v) is 12.9. The molecule has 2 N–H and O–H groups in total. The summed E-state index contributed by atoms with van der Waals surface area (Å²) in [5.41, 5.74) is -2.63. The van der Waals surface area contributed by atoms with Gasteiger partial charge in [-0.2, -0.15) is 8.78 Å². The summed E-state index contributed by atoms with van der Waals surface area (Å²) in [5, 5.41) is 7.10. The van der Waals surface area contributed by atoms with Gasteiger partial charge in [0, 0.05) is 40.4 Å². The minimum atomic E-state index is -3.95. The molecule has 14 heteroatoms. The van der Waals surface area contributed by atoms with Gasteiger partial charge in [0.15, 0.2) is 11.6 Å². The Morgan fingerprint density at radius 1 is 1.10 bits per heavy atom. The third kappa shape index (κ3) is 4.94. The van der Waals surface area contributed by atoms with Crippen molar-refractivity contribution >= 4 is 64.1 Å². The summed E-state index contributed by atoms with van der Waals surface area (Å²) in [6, 6.07) is 6.93. The number of aromatic hydroxyl groups is 1. The number of phenols is 1. The van der Waals surface area contributed by atoms with E-state index in [9.17, 15) is 28.3 Å². The lowest BCUT2D eigenvalue weighted by Crippen LogP contribution is -2.42. The molecule has 6 rings (SSSR count). The van der Waals surface area contributed by atoms with Crippen molar-refractivity contribution in [3.63, 3.8) is 0 Å². The Bertz CT molecular complexity index is 1700. The third-order valence-electron chi connectivity index (χ3n) is 7.94. The summed E-state index contributed by atoms with van der Waals surface area (Å²) < 4.78 is 43.5. The summed E-state index contributed by atoms with van der Waals surface area (Å²) in [6.45, 7) is -0.141. The number of hydrogen-bond acceptors (Lipinski definition) is 5. The first-order valence-corrected chi connectivity index (χ1v) is 14.9. The number of fused-ring (bicyclic) bond motifs is 1. The van der Waals surface area contributed by atoms with Crippen LogP contribution in [0.3, 0.4) is 0 Å². The van der Waals surface area contributed by atoms with Gasteiger partial charge in [-0.1, -0.05) is 41.0 Å². The van der Waals surface area contributed by atoms with E-state index in [1.807, 2.05) is 4.98 Å². The fourth-order valence-electron chi connectivity index (χ4n) is 5.57. The minimum Gasteiger partial charge on any atom is -0.503 e. The third-order valence-corrected chi connectivity index (χ3v) is 10.2. The number of H-pyrrole nitrogens is 1. The van der Waals surface area contributed by atoms with Gasteiger partial charge < -0.3 is 19.9 Å². The van der Waals surface area contributed by atoms with Crippen LogP contribution in [0.5, 0.6) is 5.75 Å². The van der Waals surface area contributed by atoms with Crippen molar-refractivity contribution in [2.24, 2.45) is 5.41 Å². The number of nitrogens with zero attached hydrogens (tertiary/aromatic N) is 2. The lowest BCUT2D eigenvalue weighted by atomic mass is 9.93. The largest absolute Gasteiger partial charge is 0.503 e. The number of halogens is 6. The first-order chi connectivity index (χ1) is 19.8. The standard InChI is InChI=1S/C28H21Cl3F3N3O4S/c29-15-3-1-4-16(30)23(15)42-18-10-19(28(31,33)34)35-24(39)20(18)25(40)36-11-13-9-17(22(38)21(32)14(13)12-36)37-8-2-5-27(6-7-27)26(37)41/h1,3-4,9-10,38H,2,5-8,11-12H2,(H,35,39). The van der Waals surface area contributed by atoms with Crippen molar-refractivity contribution in [1.82, 2.24) is 9.88 Å². The van der Waals surface area contributed by atoms with Gasteiger partial charge in [0.25, 0.3) is 11.5 Å². The molecule has 0 unspecified atom stereocenters. The van der Waals surface area contributed by atoms with Crippen LogP contribution in [0.4, 0.5) is 18.9 Å². The molecule has 220 valence electrons. The number of pyridine rings is 1. The highest BCUT2D eigenvalue weighted by Gasteiger charge is 2.53. The van der Waals surface area contributed by atoms with Crippen molar-refractivity contribution in [2.75, 3.05) is 11.4 Å². The van der Waals surface area contributed by atoms with E-state index in [4.69, 9.17) is 34.8 Å². The fourth-order valence-corrected chi connectivity index (χ4v) is 7.31. The van der Waals surface area contributed by atoms with Crippen LogP contribution < -0.4 is 10.5 Å². The molecule has 1 aliphatic carbocycles. The molecular weight excluding hydrogens is 638 g/mol. The molecule has 2 aromatic carbocycles. The van der Waals surface area contributed by atoms with Gasteiger partial charge in [-0.3, -0.25) is 14.4 Å². The topological polar surface area (TPSA) is 93.7 Å². The number of hydrogen-bond donors (Lipinski definition) is 2. The molecule has 3 heterocycles. The molecule has 2 fully saturated rings. The van der Waals surface area contributed by atoms with Gasteiger partial charge in [0.1, 0.15) is 11.3 Å². The number of aromatic amines is 1. The Morgan fingerprint density at radius 3 is 2.43 bits per heavy atom. The van der Waals surface area contributed by atoms with Gasteiger partial charge in [0.2, 0.25) is 5.91 Å². The Hall–Kier alpha value is -2.86. The van der Waals surface area contributed by atoms with Gasteiger partial charge in [-0.15, -0.1) is 0 Å². The molecule has 7 nitrogen and oxygen atoms in total. The number of benzene rings is 2. The van der Waals surface area contributed by atoms with Gasteiger partial charge in [0.05, 0.1) is 15.7 Å². The Kier molecular flexibility index (Phi) is 7.23. The molecule has 0 atom stereocenters. The second-order valence-electron chi connectivity index (χ2n) is 10.6. The minimum absolute atomic E-state index is 0.0267. The van der Waals surface area contributed by atoms with E-state index in [-0.39, 0.29) is 50.1 Å². The molecule has 3 aliphatic rings. The van der Waals surface area contributed by atoms with Crippen LogP contribution in [-0.4, -0.2) is 33.3 Å². The summed E-state index contributed by atoms with van der Waals surface area (Å²) in [6.07, 6.45) is 2.97. The monoisotopic (exact) mass is 657 g/mol. The maximum atomic E-state index is 15.5. The van der Waals surface area contributed by atoms with E-state index in [2.05, 4.69) is 0 Å². The number of piperidine rings is 1. The zero-order valence-electron chi connectivity index (χ0n) is 21.6. The fraction of sp³-hybridized carbons (Fsp3) is 0.321. The van der Waals surface area contributed by atoms with Crippen LogP contribution in [0.15, 0.2) is 44.9 Å². The van der Waals surface area contributed by atoms with E-state index in [0.717, 1.165) is 42.0 Å². The molecule has 1 saturated carbocycles. The number of nitrogens with one attached hydrogen (secondary N) is 1. The predicted molar refractivity (Wildman–Crippen MR) is 152 cm³/mol. The van der Waals surface area contributed by atoms with Crippen LogP contribution in [0.25, 0.3) is 0 Å². The number of carbonyl (C=O) groups is 2. The highest BCUT2D eigenvalue weighted by atomic mass is 35.5. The van der Waals surface area contributed by atoms with Crippen LogP contribution in [0.1, 0.15) is 52.9 Å². The zero-order valence-corrected chi connectivity index (χ0v) is 24.7. The molecule has 1 aromatic heterocycles. The van der Waals surface area contributed by atoms with Crippen molar-refractivity contribution in [3.05, 3.63) is 78.9 Å². The van der Waals surface area contributed by atoms with Crippen LogP contribution in [-0.2, 0) is 23.3 Å². The molecule has 1 spiro atoms. The lowest BCUT2D eigenvalue weighted by molar-refractivity contribution is -0.125. The van der Waals surface area contributed by atoms with E-state index in [1.54, 1.807) is 6.07 Å². The maximum Gasteiger partial charge on any atom is 0.362 e. The molecule has 1 saturated heterocycles. The highest BCUT2D eigenvalue weighted by molar-refractivity contribution is 7.99. The average Bonchev–Trinajstić information content (AvgIpc) is 3.57. The van der Waals surface area contributed by atoms with Crippen molar-refractivity contribution < 1.29 is 27.9 Å². The number of anilines is 1. The number of carbonyl (C=O) groups excluding carboxylic acids is 2. The molecule has 2 aliphatic heterocycles. The smallest absolute Gasteiger partial charge is 0.362 e. The first-order valence-electron chi connectivity index (χ1n) is 12.9. The Morgan fingerprint density at radius 2 is 1.79 bits per heavy atom. The molecule has 42 heavy (non-hydrogen) atoms. The first kappa shape index (κ1) is 29.2. The van der Waals surface area contributed by atoms with Crippen LogP contribution in [0, 0.1) is 11.2 Å². The highest BCUT2D eigenvalue weighted by Crippen LogP contribution is 2.54. The normalized spacial score (nSPS) is 17.6. The molecular formula is C28H21Cl3F3N3O4S. The van der Waals surface area contributed by atoms with Crippen LogP contribution in [0.2, 0.25) is 10.0 Å². The number of alkyl halides is 3. The van der Waals surface area contributed by atoms with E-state index in [1.165, 1.54) is 23.1 Å². The van der Waals surface area contributed by atoms with E-state index < -0.39 is 45.1 Å². The van der Waals surface area contributed by atoms with Gasteiger partial charge in [-0.25, -0.2) is 4.39 Å². The summed E-state index contributed by atoms with van der Waals surface area (Å²) in [5.74, 6) is -2.69. The molecule has 2 amide bonds. The number of aromatic nitrogens is 1. The SMILES string of the molecule is O=C(c1c(Sc2c(Cl)cccc2Cl)cc(C(F)(F)Cl)[nH]c1=O)N1Cc2cc(N3CCCC4(CC4)C3=O)c(O)c(F)c2C1. The van der Waals surface area contributed by atoms with Crippen molar-refractivity contribution in [1.29, 1.82) is 0 Å². The van der Waals surface area contributed by atoms with Crippen LogP contribution >= 0.6 is 46.6 Å². The van der Waals surface area contributed by atoms with Crippen molar-refractivity contribution in [2.45, 2.75) is 53.9 Å². The molecule has 0 bridgehead atoms. The second kappa shape index (κ2) is 10.4. The lowest BCUT2D eigenvalue weighted by Gasteiger charge is -2.33. The van der Waals surface area contributed by atoms with E-state index >= 15 is 4.39 Å². The summed E-state index contributed by atoms with van der Waals surface area (Å²) in [4.78, 5) is 44.5. The number of rotatable bonds is 5.